The summed E-state index contributed by atoms with van der Waals surface area (Å²) in [5.74, 6) is -3.22. The van der Waals surface area contributed by atoms with Crippen LogP contribution in [0.3, 0.4) is 0 Å². The lowest BCUT2D eigenvalue weighted by molar-refractivity contribution is -0.138. The normalized spacial score (nSPS) is 17.9. The fraction of sp³-hybridized carbons (Fsp3) is 0.400. The molecule has 0 bridgehead atoms. The highest BCUT2D eigenvalue weighted by atomic mass is 19.4. The summed E-state index contributed by atoms with van der Waals surface area (Å²) < 4.78 is 126. The molecule has 86 heavy (non-hydrogen) atoms. The first kappa shape index (κ1) is 60.5. The van der Waals surface area contributed by atoms with Crippen molar-refractivity contribution in [1.29, 1.82) is 0 Å². The van der Waals surface area contributed by atoms with E-state index in [1.807, 2.05) is 4.90 Å². The van der Waals surface area contributed by atoms with Gasteiger partial charge >= 0.3 is 18.4 Å². The van der Waals surface area contributed by atoms with Crippen molar-refractivity contribution >= 4 is 63.1 Å². The molecule has 3 fully saturated rings. The molecule has 0 radical (unpaired) electrons. The molecule has 26 heteroatoms. The first-order valence-corrected chi connectivity index (χ1v) is 28.0. The number of ether oxygens (including phenoxy) is 4. The number of imidazole rings is 2. The molecule has 4 amide bonds. The number of carbonyl (C=O) groups is 4. The number of benzene rings is 5. The number of hydrogen-bond donors (Lipinski definition) is 5. The number of anilines is 3. The number of nitrogens with one attached hydrogen (secondary N) is 5. The topological polar surface area (TPSA) is 212 Å². The molecule has 456 valence electrons. The maximum atomic E-state index is 16.8. The van der Waals surface area contributed by atoms with Gasteiger partial charge in [0.1, 0.15) is 41.1 Å². The van der Waals surface area contributed by atoms with Gasteiger partial charge in [0.25, 0.3) is 0 Å². The van der Waals surface area contributed by atoms with Gasteiger partial charge in [-0.05, 0) is 111 Å². The lowest BCUT2D eigenvalue weighted by Gasteiger charge is -2.37. The van der Waals surface area contributed by atoms with Crippen LogP contribution in [-0.4, -0.2) is 146 Å². The van der Waals surface area contributed by atoms with E-state index in [0.717, 1.165) is 24.3 Å². The molecular formula is C60H64F7N11O8. The largest absolute Gasteiger partial charge is 0.453 e. The molecule has 7 aromatic rings. The smallest absolute Gasteiger partial charge is 0.416 e. The molecule has 2 aromatic heterocycles. The number of rotatable bonds is 17. The van der Waals surface area contributed by atoms with Crippen LogP contribution in [0.5, 0.6) is 0 Å². The van der Waals surface area contributed by atoms with E-state index in [0.29, 0.717) is 94.9 Å². The predicted molar refractivity (Wildman–Crippen MR) is 305 cm³/mol. The number of alkyl halides is 3. The van der Waals surface area contributed by atoms with Crippen LogP contribution in [0.4, 0.5) is 57.4 Å². The fourth-order valence-corrected chi connectivity index (χ4v) is 11.6. The minimum absolute atomic E-state index is 0.0242. The third kappa shape index (κ3) is 12.4. The van der Waals surface area contributed by atoms with E-state index in [-0.39, 0.29) is 55.2 Å². The number of halogens is 7. The minimum Gasteiger partial charge on any atom is -0.453 e. The number of alkyl carbamates (subject to hydrolysis) is 2. The highest BCUT2D eigenvalue weighted by molar-refractivity contribution is 5.89. The zero-order chi connectivity index (χ0) is 61.3. The zero-order valence-electron chi connectivity index (χ0n) is 47.8. The number of aromatic nitrogens is 4. The Morgan fingerprint density at radius 3 is 1.58 bits per heavy atom. The summed E-state index contributed by atoms with van der Waals surface area (Å²) in [5.41, 5.74) is 2.03. The summed E-state index contributed by atoms with van der Waals surface area (Å²) in [7, 11) is 5.19. The highest BCUT2D eigenvalue weighted by Gasteiger charge is 2.41. The Kier molecular flexibility index (Phi) is 17.7. The van der Waals surface area contributed by atoms with E-state index in [9.17, 15) is 32.3 Å². The highest BCUT2D eigenvalue weighted by Crippen LogP contribution is 2.40. The number of hydrogen-bond acceptors (Lipinski definition) is 13. The monoisotopic (exact) mass is 1200 g/mol. The lowest BCUT2D eigenvalue weighted by atomic mass is 9.93. The number of carbonyl (C=O) groups excluding carboxylic acids is 4. The van der Waals surface area contributed by atoms with E-state index < -0.39 is 95.4 Å². The zero-order valence-corrected chi connectivity index (χ0v) is 47.8. The average molecular weight is 1200 g/mol. The predicted octanol–water partition coefficient (Wildman–Crippen LogP) is 10.1. The van der Waals surface area contributed by atoms with Gasteiger partial charge < -0.3 is 64.5 Å². The van der Waals surface area contributed by atoms with E-state index in [2.05, 4.69) is 25.9 Å². The maximum Gasteiger partial charge on any atom is 0.416 e. The van der Waals surface area contributed by atoms with E-state index in [1.54, 1.807) is 41.8 Å². The van der Waals surface area contributed by atoms with Crippen LogP contribution in [0.1, 0.15) is 74.4 Å². The van der Waals surface area contributed by atoms with Gasteiger partial charge in [-0.25, -0.2) is 37.1 Å². The molecule has 5 aromatic carbocycles. The third-order valence-electron chi connectivity index (χ3n) is 16.4. The molecule has 0 aliphatic carbocycles. The van der Waals surface area contributed by atoms with Crippen LogP contribution in [-0.2, 0) is 41.3 Å². The summed E-state index contributed by atoms with van der Waals surface area (Å²) >= 11 is 0. The van der Waals surface area contributed by atoms with E-state index >= 15 is 17.6 Å². The van der Waals surface area contributed by atoms with Crippen molar-refractivity contribution in [3.05, 3.63) is 125 Å². The van der Waals surface area contributed by atoms with Gasteiger partial charge in [0.15, 0.2) is 11.6 Å². The van der Waals surface area contributed by atoms with Crippen LogP contribution >= 0.6 is 0 Å². The molecule has 19 nitrogen and oxygen atoms in total. The number of methoxy groups -OCH3 is 4. The second-order valence-corrected chi connectivity index (χ2v) is 21.5. The summed E-state index contributed by atoms with van der Waals surface area (Å²) in [5, 5.41) is 8.20. The Bertz CT molecular complexity index is 3650. The van der Waals surface area contributed by atoms with Crippen molar-refractivity contribution in [3.8, 4) is 22.3 Å². The van der Waals surface area contributed by atoms with Crippen LogP contribution < -0.4 is 25.8 Å². The molecule has 6 atom stereocenters. The van der Waals surface area contributed by atoms with Gasteiger partial charge in [-0.3, -0.25) is 9.59 Å². The maximum absolute atomic E-state index is 16.8. The first-order valence-electron chi connectivity index (χ1n) is 28.0. The Hall–Kier alpha value is -8.65. The number of nitrogens with zero attached hydrogens (tertiary/aromatic N) is 6. The van der Waals surface area contributed by atoms with Crippen molar-refractivity contribution in [2.75, 3.05) is 82.8 Å². The van der Waals surface area contributed by atoms with Crippen LogP contribution in [0.2, 0.25) is 0 Å². The molecule has 10 rings (SSSR count). The molecule has 5 heterocycles. The molecule has 2 unspecified atom stereocenters. The van der Waals surface area contributed by atoms with Crippen molar-refractivity contribution in [2.45, 2.75) is 88.6 Å². The summed E-state index contributed by atoms with van der Waals surface area (Å²) in [6.45, 7) is 4.66. The SMILES string of the molecule is COC(=O)N[C@H](C(=O)N1CCC[C@H]1c1nc2cc(-c3ccc(-c4cc5nc([C@@H]6CCCN6C(=O)[C@@H](NC(=O)OC)C(C)OC)[nH]c5cc4F)c(CNc4cc(F)c(N5CCN(c6ccc(C(F)(F)F)cc6)CC5)c(F)c4)c3)c(F)cc2[nH]1)C(C)OC. The number of aromatic amines is 2. The third-order valence-corrected chi connectivity index (χ3v) is 16.4. The Morgan fingerprint density at radius 2 is 1.09 bits per heavy atom. The van der Waals surface area contributed by atoms with Crippen molar-refractivity contribution in [1.82, 2.24) is 40.4 Å². The Labute approximate surface area is 489 Å². The van der Waals surface area contributed by atoms with Gasteiger partial charge in [0.2, 0.25) is 11.8 Å². The lowest BCUT2D eigenvalue weighted by Crippen LogP contribution is -2.54. The fourth-order valence-electron chi connectivity index (χ4n) is 11.6. The summed E-state index contributed by atoms with van der Waals surface area (Å²) in [6, 6.07) is 14.1. The Morgan fingerprint density at radius 1 is 0.605 bits per heavy atom. The molecule has 3 saturated heterocycles. The molecule has 0 saturated carbocycles. The standard InChI is InChI=1S/C60H64F7N11O8/c1-31(83-3)51(73-58(81)85-5)56(79)77-17-7-9-49(77)54-69-45-26-39(41(61)28-47(45)71-54)33-11-16-38(40-27-46-48(29-42(40)62)72-55(70-46)50-10-8-18-78(50)57(80)52(32(2)84-4)74-59(82)86-6)34(23-33)30-68-36-24-43(63)53(44(64)25-36)76-21-19-75(20-22-76)37-14-12-35(13-15-37)60(65,66)67/h11-16,23-29,31-32,49-52,68H,7-10,17-22,30H2,1-6H3,(H,69,71)(H,70,72)(H,73,81)(H,74,82)/t31?,32?,49-,50-,51-,52-/m0/s1. The van der Waals surface area contributed by atoms with Crippen LogP contribution in [0, 0.1) is 23.3 Å². The van der Waals surface area contributed by atoms with Crippen molar-refractivity contribution in [2.24, 2.45) is 0 Å². The summed E-state index contributed by atoms with van der Waals surface area (Å²) in [4.78, 5) is 75.1. The van der Waals surface area contributed by atoms with E-state index in [4.69, 9.17) is 28.9 Å². The summed E-state index contributed by atoms with van der Waals surface area (Å²) in [6.07, 6.45) is -5.34. The second kappa shape index (κ2) is 25.1. The molecule has 5 N–H and O–H groups in total. The van der Waals surface area contributed by atoms with Gasteiger partial charge in [-0.2, -0.15) is 13.2 Å². The van der Waals surface area contributed by atoms with Gasteiger partial charge in [-0.1, -0.05) is 12.1 Å². The van der Waals surface area contributed by atoms with Crippen molar-refractivity contribution < 1.29 is 68.9 Å². The van der Waals surface area contributed by atoms with Crippen LogP contribution in [0.25, 0.3) is 44.3 Å². The van der Waals surface area contributed by atoms with Crippen LogP contribution in [0.15, 0.2) is 78.9 Å². The number of likely N-dealkylation sites (tertiary alicyclic amines) is 2. The molecule has 0 spiro atoms. The second-order valence-electron chi connectivity index (χ2n) is 21.5. The van der Waals surface area contributed by atoms with Crippen molar-refractivity contribution in [3.63, 3.8) is 0 Å². The van der Waals surface area contributed by atoms with E-state index in [1.165, 1.54) is 69.7 Å². The number of amides is 4. The van der Waals surface area contributed by atoms with Gasteiger partial charge in [0, 0.05) is 94.7 Å². The first-order chi connectivity index (χ1) is 41.2. The van der Waals surface area contributed by atoms with Gasteiger partial charge in [0.05, 0.1) is 66.1 Å². The molecule has 3 aliphatic heterocycles. The minimum atomic E-state index is -4.50. The average Bonchev–Trinajstić information content (AvgIpc) is 1.93. The quantitative estimate of drug-likeness (QED) is 0.0538. The van der Waals surface area contributed by atoms with Gasteiger partial charge in [-0.15, -0.1) is 0 Å². The molecular weight excluding hydrogens is 1140 g/mol. The number of piperazine rings is 1. The number of fused-ring (bicyclic) bond motifs is 2. The Balaban J connectivity index is 0.960. The number of H-pyrrole nitrogens is 2. The molecule has 3 aliphatic rings.